The average Bonchev–Trinajstić information content (AvgIpc) is 2.46. The van der Waals surface area contributed by atoms with E-state index >= 15 is 0 Å². The molecule has 0 spiro atoms. The van der Waals surface area contributed by atoms with Crippen LogP contribution >= 0.6 is 0 Å². The molecule has 0 aromatic heterocycles. The van der Waals surface area contributed by atoms with E-state index in [0.29, 0.717) is 6.42 Å². The molecular formula is C16H24O4S. The first-order chi connectivity index (χ1) is 9.99. The Morgan fingerprint density at radius 3 is 2.19 bits per heavy atom. The van der Waals surface area contributed by atoms with Crippen LogP contribution < -0.4 is 0 Å². The molecule has 0 unspecified atom stereocenters. The SMILES string of the molecule is CCCCCCCCCS(=O)(=O)c1ccccc1C(=O)O. The topological polar surface area (TPSA) is 71.4 Å². The summed E-state index contributed by atoms with van der Waals surface area (Å²) in [5.74, 6) is -1.18. The third-order valence-electron chi connectivity index (χ3n) is 3.47. The first kappa shape index (κ1) is 17.7. The van der Waals surface area contributed by atoms with Crippen molar-refractivity contribution in [2.45, 2.75) is 56.8 Å². The van der Waals surface area contributed by atoms with Gasteiger partial charge in [0.2, 0.25) is 0 Å². The van der Waals surface area contributed by atoms with Gasteiger partial charge in [-0.3, -0.25) is 0 Å². The summed E-state index contributed by atoms with van der Waals surface area (Å²) < 4.78 is 24.5. The van der Waals surface area contributed by atoms with Crippen molar-refractivity contribution >= 4 is 15.8 Å². The van der Waals surface area contributed by atoms with Crippen molar-refractivity contribution in [1.82, 2.24) is 0 Å². The molecule has 0 amide bonds. The van der Waals surface area contributed by atoms with E-state index in [1.165, 1.54) is 37.5 Å². The van der Waals surface area contributed by atoms with Crippen molar-refractivity contribution in [2.24, 2.45) is 0 Å². The average molecular weight is 312 g/mol. The molecule has 1 rings (SSSR count). The van der Waals surface area contributed by atoms with E-state index in [2.05, 4.69) is 6.92 Å². The van der Waals surface area contributed by atoms with Gasteiger partial charge in [-0.05, 0) is 18.6 Å². The van der Waals surface area contributed by atoms with E-state index in [1.54, 1.807) is 6.07 Å². The molecule has 0 saturated heterocycles. The maximum atomic E-state index is 12.2. The van der Waals surface area contributed by atoms with Crippen LogP contribution in [0.3, 0.4) is 0 Å². The highest BCUT2D eigenvalue weighted by Gasteiger charge is 2.21. The van der Waals surface area contributed by atoms with E-state index in [9.17, 15) is 13.2 Å². The Kier molecular flexibility index (Phi) is 7.43. The van der Waals surface area contributed by atoms with Crippen LogP contribution in [0.4, 0.5) is 0 Å². The number of aromatic carboxylic acids is 1. The lowest BCUT2D eigenvalue weighted by atomic mass is 10.1. The second-order valence-electron chi connectivity index (χ2n) is 5.24. The summed E-state index contributed by atoms with van der Waals surface area (Å²) in [6.07, 6.45) is 7.26. The highest BCUT2D eigenvalue weighted by atomic mass is 32.2. The summed E-state index contributed by atoms with van der Waals surface area (Å²) in [5.41, 5.74) is -0.138. The van der Waals surface area contributed by atoms with Crippen LogP contribution in [0.25, 0.3) is 0 Å². The molecule has 118 valence electrons. The first-order valence-electron chi connectivity index (χ1n) is 7.54. The van der Waals surface area contributed by atoms with E-state index in [4.69, 9.17) is 5.11 Å². The van der Waals surface area contributed by atoms with Gasteiger partial charge in [-0.15, -0.1) is 0 Å². The summed E-state index contributed by atoms with van der Waals surface area (Å²) >= 11 is 0. The minimum Gasteiger partial charge on any atom is -0.478 e. The number of carboxylic acids is 1. The van der Waals surface area contributed by atoms with Crippen LogP contribution in [0.1, 0.15) is 62.2 Å². The smallest absolute Gasteiger partial charge is 0.337 e. The van der Waals surface area contributed by atoms with E-state index in [1.807, 2.05) is 0 Å². The number of benzene rings is 1. The number of unbranched alkanes of at least 4 members (excludes halogenated alkanes) is 6. The van der Waals surface area contributed by atoms with Crippen molar-refractivity contribution in [3.05, 3.63) is 29.8 Å². The second-order valence-corrected chi connectivity index (χ2v) is 7.32. The summed E-state index contributed by atoms with van der Waals surface area (Å²) in [5, 5.41) is 9.06. The predicted octanol–water partition coefficient (Wildman–Crippen LogP) is 3.91. The largest absolute Gasteiger partial charge is 0.478 e. The standard InChI is InChI=1S/C16H24O4S/c1-2-3-4-5-6-7-10-13-21(19,20)15-12-9-8-11-14(15)16(17)18/h8-9,11-12H,2-7,10,13H2,1H3,(H,17,18). The summed E-state index contributed by atoms with van der Waals surface area (Å²) in [7, 11) is -3.51. The Morgan fingerprint density at radius 2 is 1.57 bits per heavy atom. The molecule has 0 heterocycles. The first-order valence-corrected chi connectivity index (χ1v) is 9.19. The molecule has 0 aliphatic rings. The lowest BCUT2D eigenvalue weighted by Crippen LogP contribution is -2.12. The van der Waals surface area contributed by atoms with Crippen LogP contribution in [0.2, 0.25) is 0 Å². The van der Waals surface area contributed by atoms with Gasteiger partial charge in [0.15, 0.2) is 9.84 Å². The van der Waals surface area contributed by atoms with Gasteiger partial charge in [0.05, 0.1) is 16.2 Å². The molecule has 4 nitrogen and oxygen atoms in total. The quantitative estimate of drug-likeness (QED) is 0.665. The summed E-state index contributed by atoms with van der Waals surface area (Å²) in [6, 6.07) is 5.81. The molecule has 0 aliphatic heterocycles. The maximum absolute atomic E-state index is 12.2. The van der Waals surface area contributed by atoms with Gasteiger partial charge >= 0.3 is 5.97 Å². The van der Waals surface area contributed by atoms with E-state index in [0.717, 1.165) is 19.3 Å². The Balaban J connectivity index is 2.53. The third kappa shape index (κ3) is 5.87. The van der Waals surface area contributed by atoms with Crippen molar-refractivity contribution in [1.29, 1.82) is 0 Å². The zero-order valence-corrected chi connectivity index (χ0v) is 13.4. The summed E-state index contributed by atoms with van der Waals surface area (Å²) in [4.78, 5) is 11.0. The fourth-order valence-corrected chi connectivity index (χ4v) is 3.85. The molecule has 1 N–H and O–H groups in total. The van der Waals surface area contributed by atoms with Gasteiger partial charge in [0.1, 0.15) is 0 Å². The van der Waals surface area contributed by atoms with Gasteiger partial charge < -0.3 is 5.11 Å². The van der Waals surface area contributed by atoms with Crippen LogP contribution in [-0.4, -0.2) is 25.2 Å². The van der Waals surface area contributed by atoms with Crippen LogP contribution in [0.5, 0.6) is 0 Å². The summed E-state index contributed by atoms with van der Waals surface area (Å²) in [6.45, 7) is 2.16. The normalized spacial score (nSPS) is 11.5. The maximum Gasteiger partial charge on any atom is 0.337 e. The van der Waals surface area contributed by atoms with Gasteiger partial charge in [-0.1, -0.05) is 57.6 Å². The number of hydrogen-bond acceptors (Lipinski definition) is 3. The molecule has 0 aliphatic carbocycles. The molecule has 1 aromatic rings. The molecule has 1 aromatic carbocycles. The number of rotatable bonds is 10. The number of hydrogen-bond donors (Lipinski definition) is 1. The molecule has 0 atom stereocenters. The Hall–Kier alpha value is -1.36. The van der Waals surface area contributed by atoms with Gasteiger partial charge in [-0.25, -0.2) is 13.2 Å². The van der Waals surface area contributed by atoms with Crippen molar-refractivity contribution < 1.29 is 18.3 Å². The lowest BCUT2D eigenvalue weighted by molar-refractivity contribution is 0.0692. The Bertz CT molecular complexity index is 549. The predicted molar refractivity (Wildman–Crippen MR) is 83.4 cm³/mol. The third-order valence-corrected chi connectivity index (χ3v) is 5.32. The molecule has 5 heteroatoms. The van der Waals surface area contributed by atoms with E-state index in [-0.39, 0.29) is 16.2 Å². The van der Waals surface area contributed by atoms with Crippen molar-refractivity contribution in [3.63, 3.8) is 0 Å². The van der Waals surface area contributed by atoms with Gasteiger partial charge in [0, 0.05) is 0 Å². The van der Waals surface area contributed by atoms with E-state index < -0.39 is 15.8 Å². The minimum absolute atomic E-state index is 0.0189. The molecule has 21 heavy (non-hydrogen) atoms. The van der Waals surface area contributed by atoms with Crippen LogP contribution in [0.15, 0.2) is 29.2 Å². The van der Waals surface area contributed by atoms with Gasteiger partial charge in [0.25, 0.3) is 0 Å². The molecule has 0 fully saturated rings. The number of carboxylic acid groups (broad SMARTS) is 1. The number of sulfone groups is 1. The van der Waals surface area contributed by atoms with Crippen LogP contribution in [0, 0.1) is 0 Å². The minimum atomic E-state index is -3.51. The highest BCUT2D eigenvalue weighted by Crippen LogP contribution is 2.19. The van der Waals surface area contributed by atoms with Crippen LogP contribution in [-0.2, 0) is 9.84 Å². The Morgan fingerprint density at radius 1 is 1.00 bits per heavy atom. The monoisotopic (exact) mass is 312 g/mol. The molecular weight excluding hydrogens is 288 g/mol. The molecule has 0 bridgehead atoms. The number of carbonyl (C=O) groups is 1. The zero-order valence-electron chi connectivity index (χ0n) is 12.5. The molecule has 0 radical (unpaired) electrons. The second kappa shape index (κ2) is 8.82. The molecule has 0 saturated carbocycles. The fraction of sp³-hybridized carbons (Fsp3) is 0.562. The van der Waals surface area contributed by atoms with Crippen molar-refractivity contribution in [2.75, 3.05) is 5.75 Å². The van der Waals surface area contributed by atoms with Gasteiger partial charge in [-0.2, -0.15) is 0 Å². The highest BCUT2D eigenvalue weighted by molar-refractivity contribution is 7.91. The fourth-order valence-electron chi connectivity index (χ4n) is 2.27. The Labute approximate surface area is 127 Å². The lowest BCUT2D eigenvalue weighted by Gasteiger charge is -2.07. The van der Waals surface area contributed by atoms with Crippen molar-refractivity contribution in [3.8, 4) is 0 Å². The zero-order chi connectivity index (χ0) is 15.7.